The lowest BCUT2D eigenvalue weighted by atomic mass is 10.0. The summed E-state index contributed by atoms with van der Waals surface area (Å²) >= 11 is 0. The molecule has 1 aromatic rings. The molecule has 0 aromatic heterocycles. The van der Waals surface area contributed by atoms with Gasteiger partial charge in [-0.1, -0.05) is 13.0 Å². The van der Waals surface area contributed by atoms with Crippen LogP contribution in [0, 0.1) is 11.3 Å². The van der Waals surface area contributed by atoms with Crippen LogP contribution in [0.3, 0.4) is 0 Å². The second-order valence-corrected chi connectivity index (χ2v) is 2.90. The average molecular weight is 176 g/mol. The van der Waals surface area contributed by atoms with Crippen LogP contribution in [-0.4, -0.2) is 5.11 Å². The largest absolute Gasteiger partial charge is 0.508 e. The van der Waals surface area contributed by atoms with E-state index >= 15 is 0 Å². The van der Waals surface area contributed by atoms with Gasteiger partial charge in [-0.25, -0.2) is 0 Å². The van der Waals surface area contributed by atoms with Gasteiger partial charge in [-0.15, -0.1) is 0 Å². The summed E-state index contributed by atoms with van der Waals surface area (Å²) in [6, 6.07) is 6.58. The van der Waals surface area contributed by atoms with Crippen molar-refractivity contribution in [2.75, 3.05) is 0 Å². The molecule has 0 spiro atoms. The summed E-state index contributed by atoms with van der Waals surface area (Å²) in [6.07, 6.45) is 0.763. The lowest BCUT2D eigenvalue weighted by Crippen LogP contribution is -2.08. The average Bonchev–Trinajstić information content (AvgIpc) is 2.16. The van der Waals surface area contributed by atoms with Gasteiger partial charge in [-0.2, -0.15) is 5.26 Å². The standard InChI is InChI=1S/C10H12N2O/c1-2-9(12)8-4-3-7(6-11)5-10(8)13/h3-5,9,13H,2,12H2,1H3/t9-/m0/s1. The maximum atomic E-state index is 9.49. The summed E-state index contributed by atoms with van der Waals surface area (Å²) in [7, 11) is 0. The third-order valence-electron chi connectivity index (χ3n) is 2.00. The third kappa shape index (κ3) is 1.98. The Balaban J connectivity index is 3.07. The van der Waals surface area contributed by atoms with Gasteiger partial charge >= 0.3 is 0 Å². The molecule has 13 heavy (non-hydrogen) atoms. The smallest absolute Gasteiger partial charge is 0.121 e. The monoisotopic (exact) mass is 176 g/mol. The zero-order valence-electron chi connectivity index (χ0n) is 7.49. The minimum atomic E-state index is -0.159. The summed E-state index contributed by atoms with van der Waals surface area (Å²) < 4.78 is 0. The number of nitrogens with two attached hydrogens (primary N) is 1. The first-order chi connectivity index (χ1) is 6.19. The minimum Gasteiger partial charge on any atom is -0.508 e. The van der Waals surface area contributed by atoms with Crippen molar-refractivity contribution < 1.29 is 5.11 Å². The summed E-state index contributed by atoms with van der Waals surface area (Å²) in [4.78, 5) is 0. The molecule has 1 atom stereocenters. The molecule has 0 saturated heterocycles. The van der Waals surface area contributed by atoms with E-state index in [1.165, 1.54) is 6.07 Å². The van der Waals surface area contributed by atoms with E-state index in [1.54, 1.807) is 12.1 Å². The zero-order valence-corrected chi connectivity index (χ0v) is 7.49. The van der Waals surface area contributed by atoms with Gasteiger partial charge in [0, 0.05) is 11.6 Å². The number of hydrogen-bond acceptors (Lipinski definition) is 3. The number of hydrogen-bond donors (Lipinski definition) is 2. The lowest BCUT2D eigenvalue weighted by Gasteiger charge is -2.10. The molecular weight excluding hydrogens is 164 g/mol. The van der Waals surface area contributed by atoms with Gasteiger partial charge in [0.2, 0.25) is 0 Å². The second-order valence-electron chi connectivity index (χ2n) is 2.90. The van der Waals surface area contributed by atoms with Crippen molar-refractivity contribution in [3.8, 4) is 11.8 Å². The van der Waals surface area contributed by atoms with Gasteiger partial charge in [0.05, 0.1) is 11.6 Å². The molecule has 3 N–H and O–H groups in total. The Morgan fingerprint density at radius 2 is 2.31 bits per heavy atom. The molecule has 0 aliphatic heterocycles. The molecule has 3 heteroatoms. The van der Waals surface area contributed by atoms with Gasteiger partial charge in [-0.05, 0) is 18.6 Å². The number of nitrogens with zero attached hydrogens (tertiary/aromatic N) is 1. The van der Waals surface area contributed by atoms with Crippen LogP contribution in [-0.2, 0) is 0 Å². The van der Waals surface area contributed by atoms with Gasteiger partial charge in [0.15, 0.2) is 0 Å². The lowest BCUT2D eigenvalue weighted by molar-refractivity contribution is 0.460. The molecule has 0 radical (unpaired) electrons. The van der Waals surface area contributed by atoms with E-state index in [9.17, 15) is 5.11 Å². The Bertz CT molecular complexity index is 341. The van der Waals surface area contributed by atoms with Gasteiger partial charge in [-0.3, -0.25) is 0 Å². The summed E-state index contributed by atoms with van der Waals surface area (Å²) in [5.41, 5.74) is 6.89. The van der Waals surface area contributed by atoms with Crippen molar-refractivity contribution in [2.45, 2.75) is 19.4 Å². The molecule has 1 aromatic carbocycles. The van der Waals surface area contributed by atoms with Crippen LogP contribution in [0.25, 0.3) is 0 Å². The van der Waals surface area contributed by atoms with Crippen LogP contribution in [0.5, 0.6) is 5.75 Å². The van der Waals surface area contributed by atoms with Gasteiger partial charge < -0.3 is 10.8 Å². The Kier molecular flexibility index (Phi) is 2.88. The third-order valence-corrected chi connectivity index (χ3v) is 2.00. The molecule has 0 unspecified atom stereocenters. The molecule has 68 valence electrons. The summed E-state index contributed by atoms with van der Waals surface area (Å²) in [5, 5.41) is 18.0. The van der Waals surface area contributed by atoms with Crippen LogP contribution < -0.4 is 5.73 Å². The topological polar surface area (TPSA) is 70.0 Å². The Labute approximate surface area is 77.4 Å². The highest BCUT2D eigenvalue weighted by Gasteiger charge is 2.08. The Hall–Kier alpha value is -1.53. The maximum absolute atomic E-state index is 9.49. The molecular formula is C10H12N2O. The zero-order chi connectivity index (χ0) is 9.84. The van der Waals surface area contributed by atoms with E-state index in [0.717, 1.165) is 6.42 Å². The van der Waals surface area contributed by atoms with Gasteiger partial charge in [0.25, 0.3) is 0 Å². The molecule has 0 aliphatic rings. The van der Waals surface area contributed by atoms with Crippen molar-refractivity contribution in [2.24, 2.45) is 5.73 Å². The number of phenolic OH excluding ortho intramolecular Hbond substituents is 1. The molecule has 0 bridgehead atoms. The van der Waals surface area contributed by atoms with Crippen LogP contribution in [0.1, 0.15) is 30.5 Å². The highest BCUT2D eigenvalue weighted by Crippen LogP contribution is 2.25. The number of phenols is 1. The highest BCUT2D eigenvalue weighted by molar-refractivity contribution is 5.42. The predicted molar refractivity (Wildman–Crippen MR) is 50.0 cm³/mol. The number of nitriles is 1. The fourth-order valence-electron chi connectivity index (χ4n) is 1.15. The summed E-state index contributed by atoms with van der Waals surface area (Å²) in [6.45, 7) is 1.95. The second kappa shape index (κ2) is 3.92. The van der Waals surface area contributed by atoms with Crippen molar-refractivity contribution >= 4 is 0 Å². The first kappa shape index (κ1) is 9.56. The van der Waals surface area contributed by atoms with Crippen LogP contribution >= 0.6 is 0 Å². The van der Waals surface area contributed by atoms with Gasteiger partial charge in [0.1, 0.15) is 5.75 Å². The molecule has 3 nitrogen and oxygen atoms in total. The molecule has 0 aliphatic carbocycles. The summed E-state index contributed by atoms with van der Waals surface area (Å²) in [5.74, 6) is 0.105. The quantitative estimate of drug-likeness (QED) is 0.720. The van der Waals surface area contributed by atoms with Crippen LogP contribution in [0.2, 0.25) is 0 Å². The molecule has 0 saturated carbocycles. The molecule has 0 fully saturated rings. The van der Waals surface area contributed by atoms with E-state index in [2.05, 4.69) is 0 Å². The van der Waals surface area contributed by atoms with E-state index in [1.807, 2.05) is 13.0 Å². The fourth-order valence-corrected chi connectivity index (χ4v) is 1.15. The van der Waals surface area contributed by atoms with Crippen LogP contribution in [0.15, 0.2) is 18.2 Å². The fraction of sp³-hybridized carbons (Fsp3) is 0.300. The maximum Gasteiger partial charge on any atom is 0.121 e. The van der Waals surface area contributed by atoms with Crippen molar-refractivity contribution in [3.63, 3.8) is 0 Å². The van der Waals surface area contributed by atoms with E-state index in [-0.39, 0.29) is 11.8 Å². The van der Waals surface area contributed by atoms with Crippen molar-refractivity contribution in [1.29, 1.82) is 5.26 Å². The Morgan fingerprint density at radius 3 is 2.77 bits per heavy atom. The number of aromatic hydroxyl groups is 1. The molecule has 1 rings (SSSR count). The van der Waals surface area contributed by atoms with E-state index in [0.29, 0.717) is 11.1 Å². The van der Waals surface area contributed by atoms with E-state index in [4.69, 9.17) is 11.0 Å². The van der Waals surface area contributed by atoms with Crippen molar-refractivity contribution in [1.82, 2.24) is 0 Å². The highest BCUT2D eigenvalue weighted by atomic mass is 16.3. The molecule has 0 heterocycles. The van der Waals surface area contributed by atoms with Crippen molar-refractivity contribution in [3.05, 3.63) is 29.3 Å². The molecule has 0 amide bonds. The van der Waals surface area contributed by atoms with E-state index < -0.39 is 0 Å². The minimum absolute atomic E-state index is 0.105. The normalized spacial score (nSPS) is 12.1. The first-order valence-corrected chi connectivity index (χ1v) is 4.17. The first-order valence-electron chi connectivity index (χ1n) is 4.17. The SMILES string of the molecule is CC[C@H](N)c1ccc(C#N)cc1O. The van der Waals surface area contributed by atoms with Crippen LogP contribution in [0.4, 0.5) is 0 Å². The predicted octanol–water partition coefficient (Wildman–Crippen LogP) is 1.67. The number of rotatable bonds is 2. The number of benzene rings is 1. The Morgan fingerprint density at radius 1 is 1.62 bits per heavy atom.